The number of benzene rings is 1. The minimum absolute atomic E-state index is 0.0391. The molecule has 0 aliphatic heterocycles. The van der Waals surface area contributed by atoms with Crippen LogP contribution in [-0.2, 0) is 10.0 Å². The number of hydrogen-bond acceptors (Lipinski definition) is 3. The van der Waals surface area contributed by atoms with Gasteiger partial charge in [-0.05, 0) is 30.7 Å². The average molecular weight is 279 g/mol. The lowest BCUT2D eigenvalue weighted by Crippen LogP contribution is -2.28. The van der Waals surface area contributed by atoms with E-state index in [2.05, 4.69) is 0 Å². The van der Waals surface area contributed by atoms with Crippen LogP contribution in [-0.4, -0.2) is 32.5 Å². The molecule has 0 fully saturated rings. The van der Waals surface area contributed by atoms with E-state index in [0.29, 0.717) is 0 Å². The molecule has 2 N–H and O–H groups in total. The minimum atomic E-state index is -4.04. The first-order valence-electron chi connectivity index (χ1n) is 4.86. The Morgan fingerprint density at radius 3 is 2.50 bits per heavy atom. The summed E-state index contributed by atoms with van der Waals surface area (Å²) < 4.78 is 48.7. The molecule has 5 nitrogen and oxygen atoms in total. The fraction of sp³-hybridized carbons (Fsp3) is 0.300. The second kappa shape index (κ2) is 5.40. The molecular weight excluding hydrogens is 268 g/mol. The quantitative estimate of drug-likeness (QED) is 0.849. The van der Waals surface area contributed by atoms with Crippen molar-refractivity contribution in [1.29, 1.82) is 0 Å². The van der Waals surface area contributed by atoms with Crippen LogP contribution >= 0.6 is 0 Å². The molecule has 0 radical (unpaired) electrons. The summed E-state index contributed by atoms with van der Waals surface area (Å²) in [5.41, 5.74) is 0.199. The standard InChI is InChI=1S/C10H11F2NO4S/c1-6-4-7(2-3-8(6)10(14)15)18(16,17)13-5-9(11)12/h2-4,9,13H,5H2,1H3,(H,14,15). The van der Waals surface area contributed by atoms with E-state index < -0.39 is 29.0 Å². The van der Waals surface area contributed by atoms with Crippen molar-refractivity contribution in [3.8, 4) is 0 Å². The molecular formula is C10H11F2NO4S. The van der Waals surface area contributed by atoms with Crippen LogP contribution in [0.5, 0.6) is 0 Å². The molecule has 0 aliphatic rings. The van der Waals surface area contributed by atoms with E-state index in [1.54, 1.807) is 4.72 Å². The number of sulfonamides is 1. The number of rotatable bonds is 5. The molecule has 0 atom stereocenters. The first-order chi connectivity index (χ1) is 8.24. The number of aryl methyl sites for hydroxylation is 1. The van der Waals surface area contributed by atoms with Gasteiger partial charge in [0, 0.05) is 0 Å². The zero-order valence-electron chi connectivity index (χ0n) is 9.35. The number of hydrogen-bond donors (Lipinski definition) is 2. The summed E-state index contributed by atoms with van der Waals surface area (Å²) in [6.45, 7) is 0.442. The summed E-state index contributed by atoms with van der Waals surface area (Å²) in [5, 5.41) is 8.77. The van der Waals surface area contributed by atoms with Crippen molar-refractivity contribution in [3.05, 3.63) is 29.3 Å². The van der Waals surface area contributed by atoms with Gasteiger partial charge < -0.3 is 5.11 Å². The van der Waals surface area contributed by atoms with Crippen molar-refractivity contribution in [2.75, 3.05) is 6.54 Å². The molecule has 0 heterocycles. The van der Waals surface area contributed by atoms with Gasteiger partial charge in [0.2, 0.25) is 10.0 Å². The van der Waals surface area contributed by atoms with Crippen LogP contribution in [0.15, 0.2) is 23.1 Å². The van der Waals surface area contributed by atoms with E-state index in [9.17, 15) is 22.0 Å². The van der Waals surface area contributed by atoms with Gasteiger partial charge in [0.1, 0.15) is 0 Å². The number of nitrogens with one attached hydrogen (secondary N) is 1. The normalized spacial score (nSPS) is 11.8. The summed E-state index contributed by atoms with van der Waals surface area (Å²) in [6, 6.07) is 3.30. The Morgan fingerprint density at radius 2 is 2.06 bits per heavy atom. The Kier molecular flexibility index (Phi) is 4.36. The van der Waals surface area contributed by atoms with Gasteiger partial charge in [-0.15, -0.1) is 0 Å². The molecule has 0 aliphatic carbocycles. The smallest absolute Gasteiger partial charge is 0.335 e. The van der Waals surface area contributed by atoms with E-state index in [0.717, 1.165) is 18.2 Å². The van der Waals surface area contributed by atoms with Crippen molar-refractivity contribution in [2.45, 2.75) is 18.2 Å². The first-order valence-corrected chi connectivity index (χ1v) is 6.34. The number of halogens is 2. The lowest BCUT2D eigenvalue weighted by Gasteiger charge is -2.08. The highest BCUT2D eigenvalue weighted by Gasteiger charge is 2.18. The van der Waals surface area contributed by atoms with Crippen LogP contribution in [0.4, 0.5) is 8.78 Å². The molecule has 18 heavy (non-hydrogen) atoms. The van der Waals surface area contributed by atoms with Gasteiger partial charge in [-0.3, -0.25) is 0 Å². The SMILES string of the molecule is Cc1cc(S(=O)(=O)NCC(F)F)ccc1C(=O)O. The summed E-state index contributed by atoms with van der Waals surface area (Å²) >= 11 is 0. The molecule has 0 amide bonds. The van der Waals surface area contributed by atoms with Gasteiger partial charge in [0.15, 0.2) is 0 Å². The Hall–Kier alpha value is -1.54. The maximum absolute atomic E-state index is 11.9. The van der Waals surface area contributed by atoms with Crippen molar-refractivity contribution in [2.24, 2.45) is 0 Å². The molecule has 0 aromatic heterocycles. The number of carboxylic acid groups (broad SMARTS) is 1. The van der Waals surface area contributed by atoms with Gasteiger partial charge in [-0.1, -0.05) is 0 Å². The highest BCUT2D eigenvalue weighted by Crippen LogP contribution is 2.15. The van der Waals surface area contributed by atoms with Crippen LogP contribution in [0.25, 0.3) is 0 Å². The van der Waals surface area contributed by atoms with Crippen LogP contribution in [0.1, 0.15) is 15.9 Å². The highest BCUT2D eigenvalue weighted by molar-refractivity contribution is 7.89. The van der Waals surface area contributed by atoms with E-state index in [1.807, 2.05) is 0 Å². The highest BCUT2D eigenvalue weighted by atomic mass is 32.2. The molecule has 1 rings (SSSR count). The lowest BCUT2D eigenvalue weighted by molar-refractivity contribution is 0.0696. The Labute approximate surface area is 102 Å². The van der Waals surface area contributed by atoms with Gasteiger partial charge in [-0.2, -0.15) is 0 Å². The monoisotopic (exact) mass is 279 g/mol. The predicted octanol–water partition coefficient (Wildman–Crippen LogP) is 1.24. The molecule has 8 heteroatoms. The third kappa shape index (κ3) is 3.47. The molecule has 1 aromatic rings. The molecule has 0 bridgehead atoms. The zero-order valence-corrected chi connectivity index (χ0v) is 10.2. The molecule has 0 saturated carbocycles. The second-order valence-electron chi connectivity index (χ2n) is 3.52. The fourth-order valence-electron chi connectivity index (χ4n) is 1.30. The molecule has 0 spiro atoms. The van der Waals surface area contributed by atoms with Gasteiger partial charge in [0.05, 0.1) is 17.0 Å². The van der Waals surface area contributed by atoms with Gasteiger partial charge in [0.25, 0.3) is 6.43 Å². The van der Waals surface area contributed by atoms with E-state index in [4.69, 9.17) is 5.11 Å². The van der Waals surface area contributed by atoms with Crippen LogP contribution < -0.4 is 4.72 Å². The first kappa shape index (κ1) is 14.5. The lowest BCUT2D eigenvalue weighted by atomic mass is 10.1. The largest absolute Gasteiger partial charge is 0.478 e. The number of alkyl halides is 2. The minimum Gasteiger partial charge on any atom is -0.478 e. The van der Waals surface area contributed by atoms with Crippen molar-refractivity contribution < 1.29 is 27.1 Å². The molecule has 100 valence electrons. The van der Waals surface area contributed by atoms with Crippen molar-refractivity contribution in [3.63, 3.8) is 0 Å². The Bertz CT molecular complexity index is 557. The fourth-order valence-corrected chi connectivity index (χ4v) is 2.39. The third-order valence-electron chi connectivity index (χ3n) is 2.17. The van der Waals surface area contributed by atoms with E-state index in [1.165, 1.54) is 6.92 Å². The number of aromatic carboxylic acids is 1. The van der Waals surface area contributed by atoms with Crippen LogP contribution in [0.2, 0.25) is 0 Å². The topological polar surface area (TPSA) is 83.5 Å². The summed E-state index contributed by atoms with van der Waals surface area (Å²) in [5.74, 6) is -1.18. The second-order valence-corrected chi connectivity index (χ2v) is 5.29. The van der Waals surface area contributed by atoms with Crippen LogP contribution in [0.3, 0.4) is 0 Å². The predicted molar refractivity (Wildman–Crippen MR) is 59.3 cm³/mol. The maximum Gasteiger partial charge on any atom is 0.335 e. The van der Waals surface area contributed by atoms with Crippen LogP contribution in [0, 0.1) is 6.92 Å². The third-order valence-corrected chi connectivity index (χ3v) is 3.59. The van der Waals surface area contributed by atoms with E-state index >= 15 is 0 Å². The van der Waals surface area contributed by atoms with Gasteiger partial charge in [-0.25, -0.2) is 26.7 Å². The number of carboxylic acids is 1. The summed E-state index contributed by atoms with van der Waals surface area (Å²) in [6.07, 6.45) is -2.79. The molecule has 0 unspecified atom stereocenters. The van der Waals surface area contributed by atoms with E-state index in [-0.39, 0.29) is 16.0 Å². The Morgan fingerprint density at radius 1 is 1.44 bits per heavy atom. The molecule has 0 saturated heterocycles. The summed E-state index contributed by atoms with van der Waals surface area (Å²) in [7, 11) is -4.04. The Balaban J connectivity index is 3.04. The van der Waals surface area contributed by atoms with Crippen molar-refractivity contribution >= 4 is 16.0 Å². The maximum atomic E-state index is 11.9. The average Bonchev–Trinajstić information content (AvgIpc) is 2.26. The van der Waals surface area contributed by atoms with Gasteiger partial charge >= 0.3 is 5.97 Å². The molecule has 1 aromatic carbocycles. The zero-order chi connectivity index (χ0) is 13.9. The van der Waals surface area contributed by atoms with Crippen molar-refractivity contribution in [1.82, 2.24) is 4.72 Å². The number of carbonyl (C=O) groups is 1. The summed E-state index contributed by atoms with van der Waals surface area (Å²) in [4.78, 5) is 10.5.